The number of aliphatic hydroxyl groups excluding tert-OH is 8. The van der Waals surface area contributed by atoms with Crippen LogP contribution in [0.5, 0.6) is 11.5 Å². The standard InChI is InChI=1S/C50H62N8O22S/c1-20-17-58-39(40(20)65)47(72)56-45(70)33(63)15-29(52-50(75)77-19-28-26-9-5-3-7-24(26)25-8-4-6-10-27(25)28)43(68)53-36(21(2)59)48(73)57-18-23(60)14-30(57)44(69)55-38(46(71)54-37(49(58)74)32(62)16-35(51)64)42(67)41(66)22-11-12-31(61)34(13-22)78-81-80-79-76/h3-13,20-21,23,28-30,32-33,36-42,45,59-63,65-67,70,76H,14-19H2,1-2H3,(H2,51,64)(H,52,75)(H,53,68)(H,54,71)(H,55,69)(H,56,72). The first-order valence-corrected chi connectivity index (χ1v) is 25.9. The fourth-order valence-corrected chi connectivity index (χ4v) is 10.5. The fourth-order valence-electron chi connectivity index (χ4n) is 10.2. The molecular formula is C50H62N8O22S. The molecule has 7 rings (SSSR count). The number of nitrogens with zero attached hydrogens (tertiary/aromatic N) is 2. The Kier molecular flexibility index (Phi) is 20.1. The molecule has 15 unspecified atom stereocenters. The maximum atomic E-state index is 14.6. The lowest BCUT2D eigenvalue weighted by Crippen LogP contribution is -2.64. The van der Waals surface area contributed by atoms with E-state index in [1.54, 1.807) is 12.1 Å². The number of benzene rings is 3. The summed E-state index contributed by atoms with van der Waals surface area (Å²) in [5.41, 5.74) is 8.39. The van der Waals surface area contributed by atoms with Crippen LogP contribution < -0.4 is 36.5 Å². The van der Waals surface area contributed by atoms with Gasteiger partial charge in [-0.2, -0.15) is 0 Å². The molecular weight excluding hydrogens is 1100 g/mol. The highest BCUT2D eigenvalue weighted by Gasteiger charge is 2.51. The Labute approximate surface area is 464 Å². The zero-order valence-corrected chi connectivity index (χ0v) is 43.9. The third-order valence-electron chi connectivity index (χ3n) is 14.4. The number of aliphatic hydroxyl groups is 8. The molecule has 4 aliphatic rings. The van der Waals surface area contributed by atoms with Crippen LogP contribution in [0.2, 0.25) is 0 Å². The number of carbonyl (C=O) groups is 8. The molecule has 15 atom stereocenters. The average molecular weight is 1160 g/mol. The van der Waals surface area contributed by atoms with Crippen LogP contribution in [0.3, 0.4) is 0 Å². The Morgan fingerprint density at radius 2 is 1.40 bits per heavy atom. The molecule has 440 valence electrons. The lowest BCUT2D eigenvalue weighted by molar-refractivity contribution is -0.433. The van der Waals surface area contributed by atoms with Crippen molar-refractivity contribution in [3.63, 3.8) is 0 Å². The van der Waals surface area contributed by atoms with Crippen molar-refractivity contribution in [1.82, 2.24) is 36.4 Å². The van der Waals surface area contributed by atoms with E-state index < -0.39 is 188 Å². The number of hydrogen-bond donors (Lipinski definition) is 16. The number of primary amides is 1. The van der Waals surface area contributed by atoms with E-state index in [1.165, 1.54) is 6.92 Å². The maximum absolute atomic E-state index is 14.6. The van der Waals surface area contributed by atoms with Crippen LogP contribution in [0, 0.1) is 5.92 Å². The summed E-state index contributed by atoms with van der Waals surface area (Å²) in [7, 11) is 0. The number of amides is 8. The van der Waals surface area contributed by atoms with Crippen LogP contribution in [0.15, 0.2) is 66.7 Å². The molecule has 0 aromatic heterocycles. The highest BCUT2D eigenvalue weighted by Crippen LogP contribution is 2.44. The number of nitrogens with two attached hydrogens (primary N) is 1. The number of alkyl carbamates (subject to hydrolysis) is 1. The van der Waals surface area contributed by atoms with Gasteiger partial charge < -0.3 is 97.0 Å². The van der Waals surface area contributed by atoms with E-state index in [-0.39, 0.29) is 24.5 Å². The molecule has 3 heterocycles. The number of hydrogen-bond acceptors (Lipinski definition) is 23. The van der Waals surface area contributed by atoms with Crippen molar-refractivity contribution < 1.29 is 108 Å². The molecule has 0 spiro atoms. The molecule has 31 heteroatoms. The van der Waals surface area contributed by atoms with E-state index in [9.17, 15) is 84.3 Å². The van der Waals surface area contributed by atoms with Gasteiger partial charge in [-0.3, -0.25) is 33.6 Å². The minimum atomic E-state index is -2.55. The van der Waals surface area contributed by atoms with Crippen molar-refractivity contribution in [3.05, 3.63) is 83.4 Å². The van der Waals surface area contributed by atoms with Crippen LogP contribution in [0.4, 0.5) is 4.79 Å². The van der Waals surface area contributed by atoms with E-state index in [1.807, 2.05) is 41.7 Å². The first-order chi connectivity index (χ1) is 38.4. The van der Waals surface area contributed by atoms with E-state index >= 15 is 0 Å². The first kappa shape index (κ1) is 61.4. The van der Waals surface area contributed by atoms with Crippen LogP contribution in [0.1, 0.15) is 61.8 Å². The molecule has 81 heavy (non-hydrogen) atoms. The molecule has 3 aliphatic heterocycles. The zero-order chi connectivity index (χ0) is 59.1. The highest BCUT2D eigenvalue weighted by molar-refractivity contribution is 7.90. The van der Waals surface area contributed by atoms with Crippen molar-refractivity contribution >= 4 is 59.8 Å². The van der Waals surface area contributed by atoms with Crippen molar-refractivity contribution in [2.45, 2.75) is 124 Å². The maximum Gasteiger partial charge on any atom is 0.407 e. The van der Waals surface area contributed by atoms with Crippen molar-refractivity contribution in [3.8, 4) is 22.6 Å². The number of rotatable bonds is 14. The van der Waals surface area contributed by atoms with Gasteiger partial charge in [0.25, 0.3) is 12.3 Å². The van der Waals surface area contributed by atoms with Gasteiger partial charge in [-0.1, -0.05) is 70.9 Å². The van der Waals surface area contributed by atoms with Gasteiger partial charge in [0.1, 0.15) is 61.2 Å². The number of ether oxygens (including phenoxy) is 1. The normalized spacial score (nSPS) is 28.3. The molecule has 3 fully saturated rings. The van der Waals surface area contributed by atoms with Crippen LogP contribution >= 0.6 is 12.3 Å². The van der Waals surface area contributed by atoms with Crippen LogP contribution in [0.25, 0.3) is 11.1 Å². The van der Waals surface area contributed by atoms with Crippen molar-refractivity contribution in [2.24, 2.45) is 11.7 Å². The number of nitrogens with one attached hydrogen (secondary N) is 5. The summed E-state index contributed by atoms with van der Waals surface area (Å²) in [5.74, 6) is -12.2. The molecule has 3 aromatic carbocycles. The minimum absolute atomic E-state index is 0.0346. The Morgan fingerprint density at radius 1 is 0.778 bits per heavy atom. The number of fused-ring (bicyclic) bond motifs is 5. The van der Waals surface area contributed by atoms with E-state index in [4.69, 9.17) is 19.9 Å². The van der Waals surface area contributed by atoms with Gasteiger partial charge >= 0.3 is 6.09 Å². The molecule has 17 N–H and O–H groups in total. The van der Waals surface area contributed by atoms with Gasteiger partial charge in [0.15, 0.2) is 17.7 Å². The van der Waals surface area contributed by atoms with Crippen LogP contribution in [-0.4, -0.2) is 207 Å². The Balaban J connectivity index is 1.25. The summed E-state index contributed by atoms with van der Waals surface area (Å²) in [6, 6.07) is 4.76. The molecule has 1 aliphatic carbocycles. The Hall–Kier alpha value is -7.27. The second-order valence-electron chi connectivity index (χ2n) is 20.0. The summed E-state index contributed by atoms with van der Waals surface area (Å²) < 4.78 is 14.8. The SMILES string of the molecule is CC(O)C1NC(=O)C(NC(=O)OCC2c3ccccc3-c3ccccc32)CC(O)C(O)NC(=O)C2C(O)C(C)CN2C(=O)C(C(O)CC(N)=O)NC(=O)C(C(O)C(O)c2ccc(O)c(OSOOO)c2)NC(=O)C2CC(O)CN2C1=O. The molecule has 8 amide bonds. The van der Waals surface area contributed by atoms with E-state index in [2.05, 4.69) is 30.6 Å². The molecule has 30 nitrogen and oxygen atoms in total. The smallest absolute Gasteiger partial charge is 0.407 e. The van der Waals surface area contributed by atoms with Gasteiger partial charge in [-0.05, 0) is 46.9 Å². The van der Waals surface area contributed by atoms with Crippen LogP contribution in [-0.2, 0) is 47.7 Å². The largest absolute Gasteiger partial charge is 0.504 e. The first-order valence-electron chi connectivity index (χ1n) is 25.2. The summed E-state index contributed by atoms with van der Waals surface area (Å²) in [4.78, 5) is 114. The minimum Gasteiger partial charge on any atom is -0.504 e. The molecule has 0 saturated carbocycles. The summed E-state index contributed by atoms with van der Waals surface area (Å²) in [6.45, 7) is 0.926. The second kappa shape index (κ2) is 26.5. The summed E-state index contributed by atoms with van der Waals surface area (Å²) >= 11 is -0.0346. The average Bonchev–Trinajstić information content (AvgIpc) is 4.10. The monoisotopic (exact) mass is 1160 g/mol. The van der Waals surface area contributed by atoms with Gasteiger partial charge in [-0.25, -0.2) is 10.1 Å². The van der Waals surface area contributed by atoms with Crippen molar-refractivity contribution in [1.29, 1.82) is 0 Å². The lowest BCUT2D eigenvalue weighted by atomic mass is 9.96. The predicted molar refractivity (Wildman–Crippen MR) is 273 cm³/mol. The summed E-state index contributed by atoms with van der Waals surface area (Å²) in [5, 5.41) is 124. The number of aromatic hydroxyl groups is 1. The molecule has 0 radical (unpaired) electrons. The third-order valence-corrected chi connectivity index (χ3v) is 14.7. The van der Waals surface area contributed by atoms with Gasteiger partial charge in [-0.15, -0.1) is 0 Å². The highest BCUT2D eigenvalue weighted by atomic mass is 32.2. The van der Waals surface area contributed by atoms with Gasteiger partial charge in [0.2, 0.25) is 41.4 Å². The van der Waals surface area contributed by atoms with Gasteiger partial charge in [0, 0.05) is 37.8 Å². The topological polar surface area (TPSA) is 468 Å². The fraction of sp³-hybridized carbons (Fsp3) is 0.480. The predicted octanol–water partition coefficient (Wildman–Crippen LogP) is -4.50. The Bertz CT molecular complexity index is 2790. The number of carbonyl (C=O) groups excluding carboxylic acids is 8. The molecule has 0 bridgehead atoms. The lowest BCUT2D eigenvalue weighted by Gasteiger charge is -2.34. The zero-order valence-electron chi connectivity index (χ0n) is 43.1. The molecule has 3 saturated heterocycles. The second-order valence-corrected chi connectivity index (χ2v) is 20.4. The quantitative estimate of drug-likeness (QED) is 0.0313. The van der Waals surface area contributed by atoms with E-state index in [0.29, 0.717) is 9.80 Å². The summed E-state index contributed by atoms with van der Waals surface area (Å²) in [6.07, 6.45) is -20.9. The Morgan fingerprint density at radius 3 is 2.02 bits per heavy atom. The molecule has 3 aromatic rings. The number of phenols is 1. The third kappa shape index (κ3) is 13.9. The van der Waals surface area contributed by atoms with Crippen molar-refractivity contribution in [2.75, 3.05) is 19.7 Å². The van der Waals surface area contributed by atoms with Gasteiger partial charge in [0.05, 0.1) is 30.8 Å². The van der Waals surface area contributed by atoms with E-state index in [0.717, 1.165) is 47.4 Å². The number of phenolic OH excluding ortho intramolecular Hbond substituents is 1.